The summed E-state index contributed by atoms with van der Waals surface area (Å²) >= 11 is 11.3. The Morgan fingerprint density at radius 2 is 2.21 bits per heavy atom. The molecule has 8 heteroatoms. The summed E-state index contributed by atoms with van der Waals surface area (Å²) < 4.78 is 6.54. The second-order valence-electron chi connectivity index (χ2n) is 4.03. The highest BCUT2D eigenvalue weighted by molar-refractivity contribution is 8.90. The molecule has 2 aliphatic heterocycles. The van der Waals surface area contributed by atoms with Crippen molar-refractivity contribution in [2.75, 3.05) is 19.7 Å². The van der Waals surface area contributed by atoms with E-state index in [2.05, 4.69) is 10.3 Å². The number of benzene rings is 1. The van der Waals surface area contributed by atoms with Gasteiger partial charge in [0, 0.05) is 18.0 Å². The highest BCUT2D eigenvalue weighted by Gasteiger charge is 2.26. The lowest BCUT2D eigenvalue weighted by molar-refractivity contribution is 0.0862. The number of fused-ring (bicyclic) bond motifs is 1. The fourth-order valence-corrected chi connectivity index (χ4v) is 8.92. The zero-order chi connectivity index (χ0) is 13.3. The maximum absolute atomic E-state index is 5.65. The van der Waals surface area contributed by atoms with E-state index in [0.717, 1.165) is 34.7 Å². The van der Waals surface area contributed by atoms with Gasteiger partial charge < -0.3 is 10.1 Å². The quantitative estimate of drug-likeness (QED) is 0.653. The van der Waals surface area contributed by atoms with E-state index in [4.69, 9.17) is 27.1 Å². The minimum Gasteiger partial charge on any atom is -0.364 e. The molecule has 0 aliphatic carbocycles. The average Bonchev–Trinajstić information content (AvgIpc) is 2.70. The zero-order valence-corrected chi connectivity index (χ0v) is 14.0. The number of rotatable bonds is 2. The van der Waals surface area contributed by atoms with Crippen LogP contribution in [0.5, 0.6) is 0 Å². The smallest absolute Gasteiger partial charge is 0.153 e. The number of hydrogen-bond acceptors (Lipinski definition) is 7. The van der Waals surface area contributed by atoms with Crippen LogP contribution >= 0.6 is 21.6 Å². The van der Waals surface area contributed by atoms with Crippen molar-refractivity contribution < 1.29 is 4.74 Å². The van der Waals surface area contributed by atoms with Crippen molar-refractivity contribution in [2.24, 2.45) is 4.99 Å². The maximum atomic E-state index is 5.65. The normalized spacial score (nSPS) is 24.8. The minimum atomic E-state index is -1.76. The Balaban J connectivity index is 1.73. The van der Waals surface area contributed by atoms with E-state index in [0.29, 0.717) is 0 Å². The van der Waals surface area contributed by atoms with Crippen molar-refractivity contribution in [1.82, 2.24) is 5.32 Å². The first-order valence-corrected chi connectivity index (χ1v) is 11.5. The first kappa shape index (κ1) is 14.2. The number of ether oxygens (including phenoxy) is 1. The first-order valence-electron chi connectivity index (χ1n) is 5.76. The molecule has 0 saturated carbocycles. The van der Waals surface area contributed by atoms with Gasteiger partial charge in [0.2, 0.25) is 0 Å². The van der Waals surface area contributed by atoms with Crippen LogP contribution in [0.25, 0.3) is 0 Å². The Morgan fingerprint density at radius 1 is 1.37 bits per heavy atom. The molecule has 0 amide bonds. The topological polar surface area (TPSA) is 33.6 Å². The molecule has 0 radical (unpaired) electrons. The largest absolute Gasteiger partial charge is 0.364 e. The summed E-state index contributed by atoms with van der Waals surface area (Å²) in [5.41, 5.74) is 1.08. The average molecular weight is 349 g/mol. The fraction of sp³-hybridized carbons (Fsp3) is 0.364. The van der Waals surface area contributed by atoms with Crippen LogP contribution in [0.2, 0.25) is 0 Å². The number of aliphatic imine (C=N–C) groups is 1. The number of hydrogen-bond donors (Lipinski definition) is 1. The van der Waals surface area contributed by atoms with Gasteiger partial charge in [-0.1, -0.05) is 22.9 Å². The van der Waals surface area contributed by atoms with E-state index in [1.807, 2.05) is 24.3 Å². The molecule has 2 heterocycles. The lowest BCUT2D eigenvalue weighted by atomic mass is 10.3. The highest BCUT2D eigenvalue weighted by atomic mass is 33.1. The summed E-state index contributed by atoms with van der Waals surface area (Å²) in [6, 6.07) is 7.93. The Kier molecular flexibility index (Phi) is 4.47. The minimum absolute atomic E-state index is 0.144. The van der Waals surface area contributed by atoms with Gasteiger partial charge in [0.05, 0.1) is 12.3 Å². The molecule has 1 atom stereocenters. The molecule has 1 aromatic rings. The van der Waals surface area contributed by atoms with Gasteiger partial charge in [-0.15, -0.1) is 0 Å². The van der Waals surface area contributed by atoms with Gasteiger partial charge >= 0.3 is 0 Å². The van der Waals surface area contributed by atoms with Crippen LogP contribution in [-0.2, 0) is 34.3 Å². The standard InChI is InChI=1S/C11H12N2OS5/c15-19(16)9-4-2-1-3-8(9)13-11(19)18-17-10-7-12-5-6-14-10/h1-4,10,12H,5-7H2. The van der Waals surface area contributed by atoms with Crippen LogP contribution in [0.3, 0.4) is 0 Å². The molecule has 1 saturated heterocycles. The van der Waals surface area contributed by atoms with E-state index in [-0.39, 0.29) is 5.44 Å². The van der Waals surface area contributed by atoms with E-state index in [9.17, 15) is 0 Å². The molecule has 19 heavy (non-hydrogen) atoms. The third-order valence-corrected chi connectivity index (χ3v) is 10.4. The monoisotopic (exact) mass is 348 g/mol. The molecule has 1 fully saturated rings. The fourth-order valence-electron chi connectivity index (χ4n) is 1.79. The highest BCUT2D eigenvalue weighted by Crippen LogP contribution is 2.41. The maximum Gasteiger partial charge on any atom is 0.153 e. The number of nitrogens with one attached hydrogen (secondary N) is 1. The van der Waals surface area contributed by atoms with E-state index in [1.165, 1.54) is 0 Å². The third-order valence-electron chi connectivity index (χ3n) is 2.72. The third kappa shape index (κ3) is 2.99. The SMILES string of the molecule is S=S1(=S)C(SSC2CNCCO2)=Nc2ccccc21. The molecule has 3 rings (SSSR count). The lowest BCUT2D eigenvalue weighted by Gasteiger charge is -2.22. The van der Waals surface area contributed by atoms with Crippen molar-refractivity contribution in [3.63, 3.8) is 0 Å². The number of morpholine rings is 1. The van der Waals surface area contributed by atoms with Crippen molar-refractivity contribution >= 4 is 61.2 Å². The Bertz CT molecular complexity index is 607. The second-order valence-corrected chi connectivity index (χ2v) is 12.1. The molecule has 0 spiro atoms. The first-order chi connectivity index (χ1) is 9.18. The van der Waals surface area contributed by atoms with Crippen LogP contribution in [0, 0.1) is 0 Å². The zero-order valence-electron chi connectivity index (χ0n) is 9.90. The molecule has 102 valence electrons. The molecular weight excluding hydrogens is 336 g/mol. The summed E-state index contributed by atoms with van der Waals surface area (Å²) in [5.74, 6) is 0. The Hall–Kier alpha value is 0.300. The molecule has 1 N–H and O–H groups in total. The lowest BCUT2D eigenvalue weighted by Crippen LogP contribution is -2.36. The second kappa shape index (κ2) is 5.97. The van der Waals surface area contributed by atoms with Gasteiger partial charge in [0.1, 0.15) is 5.44 Å². The molecule has 1 unspecified atom stereocenters. The van der Waals surface area contributed by atoms with Crippen LogP contribution in [0.1, 0.15) is 0 Å². The van der Waals surface area contributed by atoms with Crippen molar-refractivity contribution in [3.8, 4) is 0 Å². The molecular formula is C11H12N2OS5. The van der Waals surface area contributed by atoms with E-state index < -0.39 is 7.15 Å². The molecule has 0 bridgehead atoms. The summed E-state index contributed by atoms with van der Waals surface area (Å²) in [7, 11) is 1.48. The van der Waals surface area contributed by atoms with Crippen LogP contribution in [0.4, 0.5) is 5.69 Å². The van der Waals surface area contributed by atoms with Crippen LogP contribution in [-0.4, -0.2) is 29.5 Å². The predicted molar refractivity (Wildman–Crippen MR) is 91.7 cm³/mol. The van der Waals surface area contributed by atoms with Gasteiger partial charge in [-0.25, -0.2) is 4.99 Å². The number of para-hydroxylation sites is 1. The summed E-state index contributed by atoms with van der Waals surface area (Å²) in [6.45, 7) is 2.53. The van der Waals surface area contributed by atoms with Crippen molar-refractivity contribution in [3.05, 3.63) is 24.3 Å². The molecule has 0 aromatic heterocycles. The Morgan fingerprint density at radius 3 is 2.95 bits per heavy atom. The van der Waals surface area contributed by atoms with Gasteiger partial charge in [-0.3, -0.25) is 0 Å². The van der Waals surface area contributed by atoms with Crippen LogP contribution in [0.15, 0.2) is 34.2 Å². The van der Waals surface area contributed by atoms with Gasteiger partial charge in [-0.2, -0.15) is 0 Å². The predicted octanol–water partition coefficient (Wildman–Crippen LogP) is 2.45. The molecule has 1 aromatic carbocycles. The van der Waals surface area contributed by atoms with E-state index >= 15 is 0 Å². The van der Waals surface area contributed by atoms with Crippen LogP contribution < -0.4 is 5.32 Å². The van der Waals surface area contributed by atoms with E-state index in [1.54, 1.807) is 21.6 Å². The molecule has 2 aliphatic rings. The van der Waals surface area contributed by atoms with Gasteiger partial charge in [0.25, 0.3) is 0 Å². The number of nitrogens with zero attached hydrogens (tertiary/aromatic N) is 1. The van der Waals surface area contributed by atoms with Crippen molar-refractivity contribution in [1.29, 1.82) is 0 Å². The van der Waals surface area contributed by atoms with Gasteiger partial charge in [-0.05, 0) is 52.4 Å². The summed E-state index contributed by atoms with van der Waals surface area (Å²) in [6.07, 6.45) is 0. The summed E-state index contributed by atoms with van der Waals surface area (Å²) in [4.78, 5) is 5.63. The van der Waals surface area contributed by atoms with Gasteiger partial charge in [0.15, 0.2) is 4.38 Å². The molecule has 3 nitrogen and oxygen atoms in total. The van der Waals surface area contributed by atoms with Crippen molar-refractivity contribution in [2.45, 2.75) is 10.3 Å². The summed E-state index contributed by atoms with van der Waals surface area (Å²) in [5, 5.41) is 3.30. The Labute approximate surface area is 130 Å².